The van der Waals surface area contributed by atoms with Crippen LogP contribution in [0.2, 0.25) is 0 Å². The van der Waals surface area contributed by atoms with E-state index in [0.717, 1.165) is 13.1 Å². The van der Waals surface area contributed by atoms with Crippen molar-refractivity contribution in [2.75, 3.05) is 56.5 Å². The van der Waals surface area contributed by atoms with E-state index in [-0.39, 0.29) is 16.4 Å². The number of fused-ring (bicyclic) bond motifs is 2. The van der Waals surface area contributed by atoms with Crippen LogP contribution in [0.1, 0.15) is 24.2 Å². The van der Waals surface area contributed by atoms with E-state index in [2.05, 4.69) is 15.1 Å². The van der Waals surface area contributed by atoms with Gasteiger partial charge in [0.25, 0.3) is 5.91 Å². The van der Waals surface area contributed by atoms with Gasteiger partial charge in [0.1, 0.15) is 10.6 Å². The first-order valence-corrected chi connectivity index (χ1v) is 12.0. The lowest BCUT2D eigenvalue weighted by Gasteiger charge is -2.35. The fourth-order valence-electron chi connectivity index (χ4n) is 3.98. The number of amides is 1. The molecule has 9 heteroatoms. The number of sulfonamides is 1. The highest BCUT2D eigenvalue weighted by Crippen LogP contribution is 2.41. The second kappa shape index (κ2) is 8.49. The summed E-state index contributed by atoms with van der Waals surface area (Å²) in [5.41, 5.74) is 1.34. The summed E-state index contributed by atoms with van der Waals surface area (Å²) in [5, 5.41) is 2.83. The second-order valence-corrected chi connectivity index (χ2v) is 9.65. The van der Waals surface area contributed by atoms with Gasteiger partial charge in [0.05, 0.1) is 16.9 Å². The van der Waals surface area contributed by atoms with Crippen molar-refractivity contribution in [3.05, 3.63) is 42.0 Å². The first-order chi connectivity index (χ1) is 14.8. The average Bonchev–Trinajstić information content (AvgIpc) is 2.89. The second-order valence-electron chi connectivity index (χ2n) is 7.75. The summed E-state index contributed by atoms with van der Waals surface area (Å²) in [5.74, 6) is 0.494. The lowest BCUT2D eigenvalue weighted by molar-refractivity contribution is 0.102. The fourth-order valence-corrected chi connectivity index (χ4v) is 5.66. The third-order valence-electron chi connectivity index (χ3n) is 5.83. The molecule has 8 nitrogen and oxygen atoms in total. The highest BCUT2D eigenvalue weighted by atomic mass is 32.2. The molecule has 0 bridgehead atoms. The molecule has 0 radical (unpaired) electrons. The number of para-hydroxylation sites is 2. The van der Waals surface area contributed by atoms with Gasteiger partial charge < -0.3 is 19.9 Å². The summed E-state index contributed by atoms with van der Waals surface area (Å²) in [6, 6.07) is 10.4. The van der Waals surface area contributed by atoms with E-state index in [1.165, 1.54) is 10.4 Å². The van der Waals surface area contributed by atoms with Crippen molar-refractivity contribution in [1.82, 2.24) is 9.21 Å². The molecule has 2 heterocycles. The van der Waals surface area contributed by atoms with Crippen LogP contribution < -0.4 is 15.0 Å². The number of hydrogen-bond donors (Lipinski definition) is 1. The van der Waals surface area contributed by atoms with Crippen LogP contribution in [0, 0.1) is 0 Å². The molecule has 166 valence electrons. The maximum Gasteiger partial charge on any atom is 0.259 e. The van der Waals surface area contributed by atoms with Crippen LogP contribution in [0.25, 0.3) is 0 Å². The van der Waals surface area contributed by atoms with Gasteiger partial charge in [0.15, 0.2) is 5.75 Å². The Morgan fingerprint density at radius 1 is 1.03 bits per heavy atom. The molecule has 1 amide bonds. The smallest absolute Gasteiger partial charge is 0.259 e. The predicted octanol–water partition coefficient (Wildman–Crippen LogP) is 2.83. The Kier molecular flexibility index (Phi) is 5.92. The monoisotopic (exact) mass is 444 g/mol. The number of nitrogens with one attached hydrogen (secondary N) is 1. The Hall–Kier alpha value is -2.62. The van der Waals surface area contributed by atoms with E-state index in [1.54, 1.807) is 18.2 Å². The van der Waals surface area contributed by atoms with Gasteiger partial charge in [-0.15, -0.1) is 0 Å². The van der Waals surface area contributed by atoms with Crippen molar-refractivity contribution < 1.29 is 17.9 Å². The van der Waals surface area contributed by atoms with Gasteiger partial charge >= 0.3 is 0 Å². The summed E-state index contributed by atoms with van der Waals surface area (Å²) < 4.78 is 34.6. The van der Waals surface area contributed by atoms with E-state index in [0.29, 0.717) is 49.1 Å². The van der Waals surface area contributed by atoms with Crippen LogP contribution in [-0.2, 0) is 10.0 Å². The normalized spacial score (nSPS) is 16.9. The molecule has 0 aromatic heterocycles. The summed E-state index contributed by atoms with van der Waals surface area (Å²) in [4.78, 5) is 17.4. The minimum atomic E-state index is -3.79. The Morgan fingerprint density at radius 3 is 2.39 bits per heavy atom. The highest BCUT2D eigenvalue weighted by molar-refractivity contribution is 7.89. The van der Waals surface area contributed by atoms with Crippen molar-refractivity contribution in [1.29, 1.82) is 0 Å². The summed E-state index contributed by atoms with van der Waals surface area (Å²) in [6.07, 6.45) is 0. The molecule has 31 heavy (non-hydrogen) atoms. The van der Waals surface area contributed by atoms with Gasteiger partial charge in [-0.3, -0.25) is 4.79 Å². The molecule has 2 aromatic rings. The third-order valence-corrected chi connectivity index (χ3v) is 7.91. The number of hydrogen-bond acceptors (Lipinski definition) is 6. The lowest BCUT2D eigenvalue weighted by Crippen LogP contribution is -2.45. The maximum atomic E-state index is 13.5. The van der Waals surface area contributed by atoms with Gasteiger partial charge in [-0.2, -0.15) is 4.31 Å². The van der Waals surface area contributed by atoms with Gasteiger partial charge in [-0.1, -0.05) is 26.0 Å². The summed E-state index contributed by atoms with van der Waals surface area (Å²) in [6.45, 7) is 7.37. The molecule has 1 saturated heterocycles. The minimum absolute atomic E-state index is 0.143. The predicted molar refractivity (Wildman–Crippen MR) is 121 cm³/mol. The molecule has 2 aromatic carbocycles. The molecule has 0 saturated carbocycles. The lowest BCUT2D eigenvalue weighted by atomic mass is 10.1. The van der Waals surface area contributed by atoms with Crippen LogP contribution in [0.5, 0.6) is 11.5 Å². The Balaban J connectivity index is 1.88. The van der Waals surface area contributed by atoms with E-state index < -0.39 is 10.0 Å². The number of anilines is 2. The van der Waals surface area contributed by atoms with Crippen LogP contribution in [-0.4, -0.2) is 69.8 Å². The molecule has 0 unspecified atom stereocenters. The quantitative estimate of drug-likeness (QED) is 0.764. The molecule has 0 aliphatic carbocycles. The number of likely N-dealkylation sites (N-methyl/N-ethyl adjacent to an activating group) is 1. The van der Waals surface area contributed by atoms with Gasteiger partial charge in [-0.25, -0.2) is 8.42 Å². The molecule has 0 spiro atoms. The first-order valence-electron chi connectivity index (χ1n) is 10.5. The molecule has 4 rings (SSSR count). The number of carbonyl (C=O) groups is 1. The Morgan fingerprint density at radius 2 is 1.71 bits per heavy atom. The summed E-state index contributed by atoms with van der Waals surface area (Å²) in [7, 11) is -1.74. The number of carbonyl (C=O) groups excluding carboxylic acids is 1. The zero-order chi connectivity index (χ0) is 22.2. The van der Waals surface area contributed by atoms with Crippen LogP contribution >= 0.6 is 0 Å². The van der Waals surface area contributed by atoms with E-state index in [9.17, 15) is 13.2 Å². The van der Waals surface area contributed by atoms with Gasteiger partial charge in [0.2, 0.25) is 10.0 Å². The zero-order valence-corrected chi connectivity index (χ0v) is 18.9. The van der Waals surface area contributed by atoms with Gasteiger partial charge in [0, 0.05) is 45.3 Å². The Bertz CT molecular complexity index is 1090. The van der Waals surface area contributed by atoms with Crippen LogP contribution in [0.15, 0.2) is 41.3 Å². The molecular formula is C22H28N4O4S. The van der Waals surface area contributed by atoms with Crippen molar-refractivity contribution in [2.45, 2.75) is 18.7 Å². The maximum absolute atomic E-state index is 13.5. The fraction of sp³-hybridized carbons (Fsp3) is 0.409. The molecule has 0 atom stereocenters. The molecule has 2 aliphatic rings. The number of piperazine rings is 1. The van der Waals surface area contributed by atoms with Crippen molar-refractivity contribution in [3.8, 4) is 11.5 Å². The standard InChI is InChI=1S/C22H28N4O4S/c1-4-26(5-2)31(28,29)21-14-16-20(15-18(21)25-12-10-24(3)11-13-25)30-19-9-7-6-8-17(19)23-22(16)27/h6-9,14-15H,4-5,10-13H2,1-3H3,(H,23,27). The summed E-state index contributed by atoms with van der Waals surface area (Å²) >= 11 is 0. The molecule has 1 fully saturated rings. The van der Waals surface area contributed by atoms with Crippen LogP contribution in [0.3, 0.4) is 0 Å². The average molecular weight is 445 g/mol. The highest BCUT2D eigenvalue weighted by Gasteiger charge is 2.32. The third kappa shape index (κ3) is 4.00. The Labute approximate surface area is 183 Å². The van der Waals surface area contributed by atoms with Crippen molar-refractivity contribution in [3.63, 3.8) is 0 Å². The number of rotatable bonds is 5. The number of benzene rings is 2. The topological polar surface area (TPSA) is 82.2 Å². The van der Waals surface area contributed by atoms with Crippen LogP contribution in [0.4, 0.5) is 11.4 Å². The number of ether oxygens (including phenoxy) is 1. The largest absolute Gasteiger partial charge is 0.454 e. The van der Waals surface area contributed by atoms with E-state index >= 15 is 0 Å². The van der Waals surface area contributed by atoms with E-state index in [4.69, 9.17) is 4.74 Å². The van der Waals surface area contributed by atoms with Gasteiger partial charge in [-0.05, 0) is 25.2 Å². The van der Waals surface area contributed by atoms with Crippen molar-refractivity contribution in [2.24, 2.45) is 0 Å². The molecular weight excluding hydrogens is 416 g/mol. The zero-order valence-electron chi connectivity index (χ0n) is 18.1. The first kappa shape index (κ1) is 21.6. The number of nitrogens with zero attached hydrogens (tertiary/aromatic N) is 3. The molecule has 1 N–H and O–H groups in total. The SMILES string of the molecule is CCN(CC)S(=O)(=O)c1cc2c(cc1N1CCN(C)CC1)Oc1ccccc1NC2=O. The molecule has 2 aliphatic heterocycles. The minimum Gasteiger partial charge on any atom is -0.454 e. The van der Waals surface area contributed by atoms with Crippen molar-refractivity contribution >= 4 is 27.3 Å². The van der Waals surface area contributed by atoms with E-state index in [1.807, 2.05) is 33.0 Å².